The Kier molecular flexibility index (Phi) is 8.03. The number of aliphatic carboxylic acids is 1. The number of carbonyl (C=O) groups excluding carboxylic acids is 2. The van der Waals surface area contributed by atoms with Gasteiger partial charge >= 0.3 is 16.1 Å². The Bertz CT molecular complexity index is 1530. The standard InChI is InChI=1S/C28H24Cl3NO7S/c29-16-7-9-17(10-8-16)40(37,38)39-28-18(30)13-15(14-19(28)31)25-26-20(3-1-5-22(26)33)32(12-11-24(35)36)21-4-2-6-23(34)27(21)25/h7-10,13-14,25H,1-6,11-12H2,(H,35,36). The monoisotopic (exact) mass is 623 g/mol. The molecular weight excluding hydrogens is 601 g/mol. The number of carbonyl (C=O) groups is 3. The number of Topliss-reactive ketones (excluding diaryl/α,β-unsaturated/α-hetero) is 2. The molecular formula is C28H24Cl3NO7S. The van der Waals surface area contributed by atoms with E-state index in [1.165, 1.54) is 36.4 Å². The number of hydrogen-bond acceptors (Lipinski definition) is 7. The van der Waals surface area contributed by atoms with Crippen molar-refractivity contribution in [3.8, 4) is 5.75 Å². The highest BCUT2D eigenvalue weighted by Crippen LogP contribution is 2.51. The van der Waals surface area contributed by atoms with E-state index in [9.17, 15) is 27.9 Å². The maximum Gasteiger partial charge on any atom is 0.339 e. The van der Waals surface area contributed by atoms with Crippen molar-refractivity contribution < 1.29 is 32.1 Å². The third-order valence-electron chi connectivity index (χ3n) is 7.29. The number of hydrogen-bond donors (Lipinski definition) is 1. The normalized spacial score (nSPS) is 18.1. The third kappa shape index (κ3) is 5.40. The predicted octanol–water partition coefficient (Wildman–Crippen LogP) is 6.30. The Balaban J connectivity index is 1.60. The van der Waals surface area contributed by atoms with Gasteiger partial charge in [-0.05, 0) is 67.6 Å². The molecule has 8 nitrogen and oxygen atoms in total. The Labute approximate surface area is 246 Å². The number of nitrogens with zero attached hydrogens (tertiary/aromatic N) is 1. The summed E-state index contributed by atoms with van der Waals surface area (Å²) in [6.07, 6.45) is 2.78. The molecule has 1 aliphatic heterocycles. The van der Waals surface area contributed by atoms with Crippen molar-refractivity contribution in [3.05, 3.63) is 79.6 Å². The van der Waals surface area contributed by atoms with Crippen LogP contribution in [-0.2, 0) is 24.5 Å². The molecule has 1 N–H and O–H groups in total. The van der Waals surface area contributed by atoms with Crippen LogP contribution in [0.15, 0.2) is 63.8 Å². The molecule has 0 fully saturated rings. The van der Waals surface area contributed by atoms with Crippen LogP contribution < -0.4 is 4.18 Å². The zero-order valence-corrected chi connectivity index (χ0v) is 24.2. The van der Waals surface area contributed by atoms with Gasteiger partial charge in [-0.25, -0.2) is 0 Å². The summed E-state index contributed by atoms with van der Waals surface area (Å²) in [6, 6.07) is 8.33. The van der Waals surface area contributed by atoms with E-state index in [1.54, 1.807) is 0 Å². The highest BCUT2D eigenvalue weighted by atomic mass is 35.5. The van der Waals surface area contributed by atoms with E-state index in [-0.39, 0.29) is 45.2 Å². The molecule has 0 radical (unpaired) electrons. The Morgan fingerprint density at radius 2 is 1.43 bits per heavy atom. The fourth-order valence-corrected chi connectivity index (χ4v) is 7.38. The molecule has 40 heavy (non-hydrogen) atoms. The van der Waals surface area contributed by atoms with Crippen LogP contribution in [0.1, 0.15) is 56.4 Å². The van der Waals surface area contributed by atoms with E-state index in [2.05, 4.69) is 0 Å². The lowest BCUT2D eigenvalue weighted by Gasteiger charge is -2.44. The molecule has 0 aromatic heterocycles. The first-order valence-electron chi connectivity index (χ1n) is 12.7. The average molecular weight is 625 g/mol. The van der Waals surface area contributed by atoms with Crippen LogP contribution in [0.4, 0.5) is 0 Å². The van der Waals surface area contributed by atoms with Gasteiger partial charge in [0.25, 0.3) is 0 Å². The zero-order valence-electron chi connectivity index (χ0n) is 21.1. The first-order chi connectivity index (χ1) is 19.0. The van der Waals surface area contributed by atoms with Crippen LogP contribution in [0.5, 0.6) is 5.75 Å². The van der Waals surface area contributed by atoms with Crippen molar-refractivity contribution in [2.24, 2.45) is 0 Å². The van der Waals surface area contributed by atoms with Gasteiger partial charge in [-0.2, -0.15) is 8.42 Å². The van der Waals surface area contributed by atoms with E-state index in [1.807, 2.05) is 4.90 Å². The van der Waals surface area contributed by atoms with Gasteiger partial charge in [0.05, 0.1) is 16.5 Å². The van der Waals surface area contributed by atoms with Gasteiger partial charge in [-0.15, -0.1) is 0 Å². The smallest absolute Gasteiger partial charge is 0.339 e. The molecule has 0 unspecified atom stereocenters. The number of halogens is 3. The molecule has 3 aliphatic rings. The van der Waals surface area contributed by atoms with Gasteiger partial charge in [-0.1, -0.05) is 34.8 Å². The highest BCUT2D eigenvalue weighted by molar-refractivity contribution is 7.87. The Hall–Kier alpha value is -2.85. The number of carboxylic acid groups (broad SMARTS) is 1. The summed E-state index contributed by atoms with van der Waals surface area (Å²) in [5.74, 6) is -2.28. The number of benzene rings is 2. The highest BCUT2D eigenvalue weighted by Gasteiger charge is 2.43. The SMILES string of the molecule is O=C(O)CCN1C2=C(C(=O)CCC2)C(c2cc(Cl)c(OS(=O)(=O)c3ccc(Cl)cc3)c(Cl)c2)C2=C1CCCC2=O. The van der Waals surface area contributed by atoms with Gasteiger partial charge in [0.15, 0.2) is 17.3 Å². The molecule has 12 heteroatoms. The molecule has 1 heterocycles. The largest absolute Gasteiger partial charge is 0.481 e. The number of ketones is 2. The minimum absolute atomic E-state index is 0.107. The zero-order chi connectivity index (χ0) is 28.8. The van der Waals surface area contributed by atoms with Crippen molar-refractivity contribution in [1.29, 1.82) is 0 Å². The lowest BCUT2D eigenvalue weighted by molar-refractivity contribution is -0.137. The topological polar surface area (TPSA) is 118 Å². The lowest BCUT2D eigenvalue weighted by Crippen LogP contribution is -2.39. The minimum atomic E-state index is -4.30. The molecule has 2 aliphatic carbocycles. The second-order valence-electron chi connectivity index (χ2n) is 9.81. The molecule has 2 aromatic carbocycles. The maximum atomic E-state index is 13.4. The fraction of sp³-hybridized carbons (Fsp3) is 0.321. The second-order valence-corrected chi connectivity index (χ2v) is 12.6. The average Bonchev–Trinajstić information content (AvgIpc) is 2.89. The summed E-state index contributed by atoms with van der Waals surface area (Å²) < 4.78 is 31.1. The molecule has 5 rings (SSSR count). The van der Waals surface area contributed by atoms with Crippen LogP contribution in [0.3, 0.4) is 0 Å². The third-order valence-corrected chi connectivity index (χ3v) is 9.33. The van der Waals surface area contributed by atoms with Crippen LogP contribution in [0.2, 0.25) is 15.1 Å². The molecule has 0 atom stereocenters. The Morgan fingerprint density at radius 1 is 0.900 bits per heavy atom. The van der Waals surface area contributed by atoms with Crippen LogP contribution >= 0.6 is 34.8 Å². The first kappa shape index (κ1) is 28.7. The molecule has 0 saturated heterocycles. The van der Waals surface area contributed by atoms with Gasteiger partial charge < -0.3 is 14.2 Å². The van der Waals surface area contributed by atoms with E-state index < -0.39 is 22.0 Å². The molecule has 2 aromatic rings. The summed E-state index contributed by atoms with van der Waals surface area (Å²) in [6.45, 7) is 0.150. The summed E-state index contributed by atoms with van der Waals surface area (Å²) in [5.41, 5.74) is 2.75. The van der Waals surface area contributed by atoms with Gasteiger partial charge in [0.2, 0.25) is 0 Å². The van der Waals surface area contributed by atoms with E-state index >= 15 is 0 Å². The molecule has 210 valence electrons. The van der Waals surface area contributed by atoms with Crippen LogP contribution in [-0.4, -0.2) is 42.5 Å². The van der Waals surface area contributed by atoms with Crippen LogP contribution in [0.25, 0.3) is 0 Å². The molecule has 0 spiro atoms. The minimum Gasteiger partial charge on any atom is -0.481 e. The summed E-state index contributed by atoms with van der Waals surface area (Å²) in [5, 5.41) is 9.48. The van der Waals surface area contributed by atoms with Crippen molar-refractivity contribution >= 4 is 62.5 Å². The number of allylic oxidation sites excluding steroid dienone is 4. The summed E-state index contributed by atoms with van der Waals surface area (Å²) in [7, 11) is -4.30. The summed E-state index contributed by atoms with van der Waals surface area (Å²) in [4.78, 5) is 39.8. The van der Waals surface area contributed by atoms with E-state index in [0.717, 1.165) is 0 Å². The second kappa shape index (κ2) is 11.2. The van der Waals surface area contributed by atoms with Gasteiger partial charge in [0.1, 0.15) is 4.90 Å². The van der Waals surface area contributed by atoms with Crippen molar-refractivity contribution in [2.45, 2.75) is 55.8 Å². The van der Waals surface area contributed by atoms with Gasteiger partial charge in [0, 0.05) is 52.9 Å². The fourth-order valence-electron chi connectivity index (χ4n) is 5.61. The molecule has 0 saturated carbocycles. The lowest BCUT2D eigenvalue weighted by atomic mass is 9.71. The van der Waals surface area contributed by atoms with Gasteiger partial charge in [-0.3, -0.25) is 14.4 Å². The number of carboxylic acids is 1. The quantitative estimate of drug-likeness (QED) is 0.357. The van der Waals surface area contributed by atoms with Crippen molar-refractivity contribution in [1.82, 2.24) is 4.90 Å². The predicted molar refractivity (Wildman–Crippen MR) is 149 cm³/mol. The van der Waals surface area contributed by atoms with E-state index in [4.69, 9.17) is 39.0 Å². The molecule has 0 bridgehead atoms. The maximum absolute atomic E-state index is 13.4. The van der Waals surface area contributed by atoms with Crippen LogP contribution in [0, 0.1) is 0 Å². The Morgan fingerprint density at radius 3 is 1.93 bits per heavy atom. The van der Waals surface area contributed by atoms with Crippen molar-refractivity contribution in [3.63, 3.8) is 0 Å². The summed E-state index contributed by atoms with van der Waals surface area (Å²) >= 11 is 18.9. The van der Waals surface area contributed by atoms with Crippen molar-refractivity contribution in [2.75, 3.05) is 6.54 Å². The first-order valence-corrected chi connectivity index (χ1v) is 15.2. The molecule has 0 amide bonds. The van der Waals surface area contributed by atoms with E-state index in [0.29, 0.717) is 71.7 Å². The number of rotatable bonds is 7.